The molecule has 1 aromatic rings. The van der Waals surface area contributed by atoms with Gasteiger partial charge in [0.15, 0.2) is 5.69 Å². The minimum Gasteiger partial charge on any atom is -0.464 e. The molecule has 0 aliphatic heterocycles. The number of rotatable bonds is 3. The van der Waals surface area contributed by atoms with E-state index in [2.05, 4.69) is 15.0 Å². The van der Waals surface area contributed by atoms with Gasteiger partial charge in [-0.15, -0.1) is 5.10 Å². The lowest BCUT2D eigenvalue weighted by Crippen LogP contribution is -2.17. The van der Waals surface area contributed by atoms with Crippen LogP contribution >= 0.6 is 0 Å². The number of aromatic nitrogens is 3. The van der Waals surface area contributed by atoms with Crippen LogP contribution in [0.5, 0.6) is 0 Å². The van der Waals surface area contributed by atoms with E-state index < -0.39 is 25.1 Å². The topological polar surface area (TPSA) is 57.0 Å². The molecule has 0 saturated heterocycles. The Kier molecular flexibility index (Phi) is 3.28. The van der Waals surface area contributed by atoms with E-state index in [1.807, 2.05) is 0 Å². The Balaban J connectivity index is 2.70. The summed E-state index contributed by atoms with van der Waals surface area (Å²) in [4.78, 5) is 11.0. The lowest BCUT2D eigenvalue weighted by molar-refractivity contribution is -0.137. The second-order valence-corrected chi connectivity index (χ2v) is 2.70. The Morgan fingerprint density at radius 2 is 2.27 bits per heavy atom. The highest BCUT2D eigenvalue weighted by Crippen LogP contribution is 2.20. The molecule has 84 valence electrons. The van der Waals surface area contributed by atoms with Gasteiger partial charge in [-0.2, -0.15) is 13.2 Å². The molecule has 15 heavy (non-hydrogen) atoms. The molecule has 0 N–H and O–H groups in total. The third kappa shape index (κ3) is 3.22. The Hall–Kier alpha value is -1.60. The van der Waals surface area contributed by atoms with Crippen LogP contribution in [0, 0.1) is 0 Å². The number of hydrogen-bond acceptors (Lipinski definition) is 4. The molecule has 1 aromatic heterocycles. The van der Waals surface area contributed by atoms with Gasteiger partial charge in [0, 0.05) is 0 Å². The maximum absolute atomic E-state index is 11.9. The third-order valence-electron chi connectivity index (χ3n) is 1.62. The van der Waals surface area contributed by atoms with Crippen LogP contribution in [0.25, 0.3) is 0 Å². The number of nitrogens with zero attached hydrogens (tertiary/aromatic N) is 3. The summed E-state index contributed by atoms with van der Waals surface area (Å²) in [7, 11) is 1.13. The van der Waals surface area contributed by atoms with E-state index in [-0.39, 0.29) is 5.69 Å². The highest BCUT2D eigenvalue weighted by molar-refractivity contribution is 5.86. The molecule has 0 fully saturated rings. The maximum atomic E-state index is 11.9. The summed E-state index contributed by atoms with van der Waals surface area (Å²) in [6.07, 6.45) is -4.30. The van der Waals surface area contributed by atoms with Crippen molar-refractivity contribution in [2.75, 3.05) is 7.11 Å². The molecular formula is C7H8F3N3O2. The summed E-state index contributed by atoms with van der Waals surface area (Å²) >= 11 is 0. The molecule has 0 bridgehead atoms. The zero-order chi connectivity index (χ0) is 11.5. The maximum Gasteiger partial charge on any atom is 0.390 e. The highest BCUT2D eigenvalue weighted by atomic mass is 19.4. The summed E-state index contributed by atoms with van der Waals surface area (Å²) in [6, 6.07) is 0. The fourth-order valence-electron chi connectivity index (χ4n) is 0.918. The largest absolute Gasteiger partial charge is 0.464 e. The van der Waals surface area contributed by atoms with Gasteiger partial charge in [-0.3, -0.25) is 0 Å². The molecule has 1 rings (SSSR count). The van der Waals surface area contributed by atoms with Crippen LogP contribution in [-0.2, 0) is 11.3 Å². The average molecular weight is 223 g/mol. The fraction of sp³-hybridized carbons (Fsp3) is 0.571. The van der Waals surface area contributed by atoms with Gasteiger partial charge in [-0.05, 0) is 0 Å². The van der Waals surface area contributed by atoms with Crippen LogP contribution in [0.2, 0.25) is 0 Å². The van der Waals surface area contributed by atoms with Gasteiger partial charge in [0.2, 0.25) is 0 Å². The van der Waals surface area contributed by atoms with E-state index in [1.165, 1.54) is 0 Å². The Morgan fingerprint density at radius 3 is 2.80 bits per heavy atom. The Morgan fingerprint density at radius 1 is 1.60 bits per heavy atom. The van der Waals surface area contributed by atoms with Crippen LogP contribution in [0.4, 0.5) is 13.2 Å². The van der Waals surface area contributed by atoms with E-state index in [0.717, 1.165) is 18.0 Å². The molecule has 1 heterocycles. The third-order valence-corrected chi connectivity index (χ3v) is 1.62. The first-order valence-corrected chi connectivity index (χ1v) is 3.97. The summed E-state index contributed by atoms with van der Waals surface area (Å²) in [5, 5.41) is 6.69. The number of aryl methyl sites for hydroxylation is 1. The molecule has 0 aromatic carbocycles. The van der Waals surface area contributed by atoms with Crippen molar-refractivity contribution in [3.63, 3.8) is 0 Å². The van der Waals surface area contributed by atoms with Crippen molar-refractivity contribution in [1.82, 2.24) is 15.0 Å². The lowest BCUT2D eigenvalue weighted by atomic mass is 10.4. The number of methoxy groups -OCH3 is 1. The molecule has 8 heteroatoms. The van der Waals surface area contributed by atoms with Crippen LogP contribution in [0.1, 0.15) is 16.9 Å². The average Bonchev–Trinajstić information content (AvgIpc) is 2.60. The van der Waals surface area contributed by atoms with E-state index in [1.54, 1.807) is 0 Å². The van der Waals surface area contributed by atoms with Gasteiger partial charge in [-0.25, -0.2) is 9.48 Å². The molecule has 0 atom stereocenters. The SMILES string of the molecule is COC(=O)c1cnnn1CCC(F)(F)F. The first kappa shape index (κ1) is 11.5. The predicted molar refractivity (Wildman–Crippen MR) is 42.0 cm³/mol. The summed E-state index contributed by atoms with van der Waals surface area (Å²) in [6.45, 7) is -0.450. The number of esters is 1. The van der Waals surface area contributed by atoms with Crippen LogP contribution in [0.15, 0.2) is 6.20 Å². The van der Waals surface area contributed by atoms with Gasteiger partial charge in [0.25, 0.3) is 0 Å². The number of ether oxygens (including phenoxy) is 1. The molecule has 0 spiro atoms. The van der Waals surface area contributed by atoms with Crippen molar-refractivity contribution < 1.29 is 22.7 Å². The Labute approximate surface area is 82.8 Å². The fourth-order valence-corrected chi connectivity index (χ4v) is 0.918. The van der Waals surface area contributed by atoms with Crippen LogP contribution in [0.3, 0.4) is 0 Å². The molecular weight excluding hydrogens is 215 g/mol. The Bertz CT molecular complexity index is 347. The number of halogens is 3. The van der Waals surface area contributed by atoms with Crippen molar-refractivity contribution in [1.29, 1.82) is 0 Å². The number of carbonyl (C=O) groups excluding carboxylic acids is 1. The standard InChI is InChI=1S/C7H8F3N3O2/c1-15-6(14)5-4-11-12-13(5)3-2-7(8,9)10/h4H,2-3H2,1H3. The minimum absolute atomic E-state index is 0.0956. The smallest absolute Gasteiger partial charge is 0.390 e. The highest BCUT2D eigenvalue weighted by Gasteiger charge is 2.28. The zero-order valence-electron chi connectivity index (χ0n) is 7.78. The molecule has 0 aliphatic carbocycles. The quantitative estimate of drug-likeness (QED) is 0.718. The van der Waals surface area contributed by atoms with Gasteiger partial charge >= 0.3 is 12.1 Å². The summed E-state index contributed by atoms with van der Waals surface area (Å²) in [5.74, 6) is -0.762. The van der Waals surface area contributed by atoms with Crippen molar-refractivity contribution in [3.05, 3.63) is 11.9 Å². The van der Waals surface area contributed by atoms with Crippen molar-refractivity contribution in [3.8, 4) is 0 Å². The summed E-state index contributed by atoms with van der Waals surface area (Å²) in [5.41, 5.74) is -0.0956. The zero-order valence-corrected chi connectivity index (χ0v) is 7.78. The predicted octanol–water partition coefficient (Wildman–Crippen LogP) is 1.02. The molecule has 0 saturated carbocycles. The first-order valence-electron chi connectivity index (χ1n) is 3.97. The van der Waals surface area contributed by atoms with Crippen molar-refractivity contribution >= 4 is 5.97 Å². The second-order valence-electron chi connectivity index (χ2n) is 2.70. The number of alkyl halides is 3. The van der Waals surface area contributed by atoms with Gasteiger partial charge in [0.1, 0.15) is 0 Å². The van der Waals surface area contributed by atoms with Crippen LogP contribution in [-0.4, -0.2) is 34.2 Å². The van der Waals surface area contributed by atoms with E-state index in [4.69, 9.17) is 0 Å². The van der Waals surface area contributed by atoms with E-state index >= 15 is 0 Å². The molecule has 0 aliphatic rings. The van der Waals surface area contributed by atoms with Gasteiger partial charge in [0.05, 0.1) is 26.3 Å². The number of carbonyl (C=O) groups is 1. The van der Waals surface area contributed by atoms with Gasteiger partial charge < -0.3 is 4.74 Å². The van der Waals surface area contributed by atoms with Crippen LogP contribution < -0.4 is 0 Å². The van der Waals surface area contributed by atoms with E-state index in [0.29, 0.717) is 0 Å². The number of hydrogen-bond donors (Lipinski definition) is 0. The molecule has 0 unspecified atom stereocenters. The molecule has 0 amide bonds. The lowest BCUT2D eigenvalue weighted by Gasteiger charge is -2.07. The first-order chi connectivity index (χ1) is 6.94. The molecule has 0 radical (unpaired) electrons. The van der Waals surface area contributed by atoms with Crippen molar-refractivity contribution in [2.24, 2.45) is 0 Å². The van der Waals surface area contributed by atoms with Gasteiger partial charge in [-0.1, -0.05) is 5.21 Å². The molecule has 5 nitrogen and oxygen atoms in total. The second kappa shape index (κ2) is 4.28. The normalized spacial score (nSPS) is 11.5. The minimum atomic E-state index is -4.29. The van der Waals surface area contributed by atoms with E-state index in [9.17, 15) is 18.0 Å². The van der Waals surface area contributed by atoms with Crippen molar-refractivity contribution in [2.45, 2.75) is 19.1 Å². The monoisotopic (exact) mass is 223 g/mol. The summed E-state index contributed by atoms with van der Waals surface area (Å²) < 4.78 is 40.9.